The van der Waals surface area contributed by atoms with Crippen LogP contribution in [0.1, 0.15) is 36.5 Å². The van der Waals surface area contributed by atoms with Gasteiger partial charge in [0, 0.05) is 12.7 Å². The van der Waals surface area contributed by atoms with E-state index in [9.17, 15) is 9.18 Å². The van der Waals surface area contributed by atoms with Gasteiger partial charge >= 0.3 is 0 Å². The van der Waals surface area contributed by atoms with Gasteiger partial charge in [-0.1, -0.05) is 13.3 Å². The topological polar surface area (TPSA) is 42.0 Å². The van der Waals surface area contributed by atoms with Gasteiger partial charge in [0.15, 0.2) is 5.82 Å². The quantitative estimate of drug-likeness (QED) is 0.875. The third-order valence-corrected chi connectivity index (χ3v) is 3.37. The van der Waals surface area contributed by atoms with Crippen molar-refractivity contribution in [2.45, 2.75) is 26.2 Å². The lowest BCUT2D eigenvalue weighted by Crippen LogP contribution is -2.29. The van der Waals surface area contributed by atoms with E-state index < -0.39 is 5.82 Å². The van der Waals surface area contributed by atoms with Crippen LogP contribution in [0.3, 0.4) is 0 Å². The van der Waals surface area contributed by atoms with E-state index in [1.165, 1.54) is 18.7 Å². The van der Waals surface area contributed by atoms with Crippen molar-refractivity contribution in [2.24, 2.45) is 11.8 Å². The first-order valence-electron chi connectivity index (χ1n) is 6.04. The van der Waals surface area contributed by atoms with Crippen molar-refractivity contribution in [1.82, 2.24) is 10.3 Å². The summed E-state index contributed by atoms with van der Waals surface area (Å²) in [4.78, 5) is 15.3. The highest BCUT2D eigenvalue weighted by Gasteiger charge is 2.22. The van der Waals surface area contributed by atoms with Crippen molar-refractivity contribution >= 4 is 5.91 Å². The molecule has 0 spiro atoms. The number of carbonyl (C=O) groups is 1. The summed E-state index contributed by atoms with van der Waals surface area (Å²) >= 11 is 0. The highest BCUT2D eigenvalue weighted by Crippen LogP contribution is 2.29. The summed E-state index contributed by atoms with van der Waals surface area (Å²) in [5, 5.41) is 2.80. The van der Waals surface area contributed by atoms with Crippen LogP contribution in [0.25, 0.3) is 0 Å². The number of amides is 1. The van der Waals surface area contributed by atoms with Crippen LogP contribution in [0.15, 0.2) is 18.5 Å². The average molecular weight is 236 g/mol. The average Bonchev–Trinajstić information content (AvgIpc) is 2.73. The summed E-state index contributed by atoms with van der Waals surface area (Å²) in [5.41, 5.74) is 0.0750. The zero-order chi connectivity index (χ0) is 12.3. The van der Waals surface area contributed by atoms with Crippen LogP contribution in [0, 0.1) is 17.7 Å². The van der Waals surface area contributed by atoms with E-state index in [1.54, 1.807) is 0 Å². The van der Waals surface area contributed by atoms with Crippen molar-refractivity contribution in [1.29, 1.82) is 0 Å². The minimum Gasteiger partial charge on any atom is -0.352 e. The van der Waals surface area contributed by atoms with Crippen molar-refractivity contribution in [3.8, 4) is 0 Å². The van der Waals surface area contributed by atoms with Crippen molar-refractivity contribution in [3.63, 3.8) is 0 Å². The van der Waals surface area contributed by atoms with Gasteiger partial charge < -0.3 is 5.32 Å². The molecule has 1 aromatic rings. The van der Waals surface area contributed by atoms with Crippen molar-refractivity contribution in [3.05, 3.63) is 29.8 Å². The van der Waals surface area contributed by atoms with Gasteiger partial charge in [-0.3, -0.25) is 9.78 Å². The van der Waals surface area contributed by atoms with Gasteiger partial charge in [0.1, 0.15) is 0 Å². The number of rotatable bonds is 3. The lowest BCUT2D eigenvalue weighted by atomic mass is 10.1. The largest absolute Gasteiger partial charge is 0.352 e. The van der Waals surface area contributed by atoms with Crippen LogP contribution in [-0.4, -0.2) is 17.4 Å². The zero-order valence-electron chi connectivity index (χ0n) is 9.95. The molecule has 2 atom stereocenters. The lowest BCUT2D eigenvalue weighted by Gasteiger charge is -2.11. The van der Waals surface area contributed by atoms with E-state index in [0.717, 1.165) is 25.0 Å². The number of carbonyl (C=O) groups excluding carboxylic acids is 1. The molecule has 0 radical (unpaired) electrons. The van der Waals surface area contributed by atoms with Gasteiger partial charge in [-0.15, -0.1) is 0 Å². The Bertz CT molecular complexity index is 408. The summed E-state index contributed by atoms with van der Waals surface area (Å²) < 4.78 is 13.3. The van der Waals surface area contributed by atoms with Gasteiger partial charge in [0.25, 0.3) is 5.91 Å². The van der Waals surface area contributed by atoms with Crippen LogP contribution in [0.4, 0.5) is 4.39 Å². The number of pyridine rings is 1. The lowest BCUT2D eigenvalue weighted by molar-refractivity contribution is 0.0943. The van der Waals surface area contributed by atoms with Gasteiger partial charge in [-0.05, 0) is 30.7 Å². The second-order valence-corrected chi connectivity index (χ2v) is 4.85. The number of halogens is 1. The summed E-state index contributed by atoms with van der Waals surface area (Å²) in [6.07, 6.45) is 6.02. The molecule has 3 nitrogen and oxygen atoms in total. The molecule has 1 aliphatic rings. The summed E-state index contributed by atoms with van der Waals surface area (Å²) in [5.74, 6) is 0.377. The third kappa shape index (κ3) is 3.02. The van der Waals surface area contributed by atoms with Crippen LogP contribution >= 0.6 is 0 Å². The first-order chi connectivity index (χ1) is 8.16. The van der Waals surface area contributed by atoms with Crippen LogP contribution in [0.2, 0.25) is 0 Å². The van der Waals surface area contributed by atoms with Crippen LogP contribution in [-0.2, 0) is 0 Å². The van der Waals surface area contributed by atoms with E-state index in [-0.39, 0.29) is 11.5 Å². The minimum atomic E-state index is -0.565. The second kappa shape index (κ2) is 5.25. The molecule has 0 aliphatic heterocycles. The molecule has 92 valence electrons. The first-order valence-corrected chi connectivity index (χ1v) is 6.04. The molecule has 1 N–H and O–H groups in total. The molecule has 1 saturated carbocycles. The molecular formula is C13H17FN2O. The molecule has 0 aromatic carbocycles. The fourth-order valence-corrected chi connectivity index (χ4v) is 2.40. The van der Waals surface area contributed by atoms with E-state index in [2.05, 4.69) is 17.2 Å². The fraction of sp³-hybridized carbons (Fsp3) is 0.538. The highest BCUT2D eigenvalue weighted by atomic mass is 19.1. The number of hydrogen-bond donors (Lipinski definition) is 1. The molecule has 4 heteroatoms. The van der Waals surface area contributed by atoms with Gasteiger partial charge in [0.2, 0.25) is 0 Å². The Kier molecular flexibility index (Phi) is 3.71. The summed E-state index contributed by atoms with van der Waals surface area (Å²) in [7, 11) is 0. The molecule has 1 amide bonds. The predicted octanol–water partition coefficient (Wildman–Crippen LogP) is 2.39. The molecule has 1 aromatic heterocycles. The molecule has 0 bridgehead atoms. The molecule has 2 rings (SSSR count). The van der Waals surface area contributed by atoms with E-state index >= 15 is 0 Å². The SMILES string of the molecule is CC1CCC(CNC(=O)c2ccncc2F)C1. The molecule has 1 heterocycles. The smallest absolute Gasteiger partial charge is 0.254 e. The van der Waals surface area contributed by atoms with Gasteiger partial charge in [-0.2, -0.15) is 0 Å². The standard InChI is InChI=1S/C13H17FN2O/c1-9-2-3-10(6-9)7-16-13(17)11-4-5-15-8-12(11)14/h4-5,8-10H,2-3,6-7H2,1H3,(H,16,17). The highest BCUT2D eigenvalue weighted by molar-refractivity contribution is 5.94. The molecule has 1 fully saturated rings. The summed E-state index contributed by atoms with van der Waals surface area (Å²) in [6.45, 7) is 2.87. The third-order valence-electron chi connectivity index (χ3n) is 3.37. The number of nitrogens with zero attached hydrogens (tertiary/aromatic N) is 1. The fourth-order valence-electron chi connectivity index (χ4n) is 2.40. The monoisotopic (exact) mass is 236 g/mol. The first kappa shape index (κ1) is 12.0. The maximum Gasteiger partial charge on any atom is 0.254 e. The van der Waals surface area contributed by atoms with Crippen LogP contribution < -0.4 is 5.32 Å². The Morgan fingerprint density at radius 2 is 2.41 bits per heavy atom. The van der Waals surface area contributed by atoms with E-state index in [0.29, 0.717) is 12.5 Å². The molecule has 2 unspecified atom stereocenters. The molecule has 0 saturated heterocycles. The molecular weight excluding hydrogens is 219 g/mol. The Morgan fingerprint density at radius 1 is 1.59 bits per heavy atom. The van der Waals surface area contributed by atoms with E-state index in [4.69, 9.17) is 0 Å². The van der Waals surface area contributed by atoms with Gasteiger partial charge in [0.05, 0.1) is 11.8 Å². The summed E-state index contributed by atoms with van der Waals surface area (Å²) in [6, 6.07) is 1.40. The predicted molar refractivity (Wildman–Crippen MR) is 63.0 cm³/mol. The second-order valence-electron chi connectivity index (χ2n) is 4.85. The Balaban J connectivity index is 1.88. The van der Waals surface area contributed by atoms with E-state index in [1.807, 2.05) is 0 Å². The zero-order valence-corrected chi connectivity index (χ0v) is 9.95. The van der Waals surface area contributed by atoms with Gasteiger partial charge in [-0.25, -0.2) is 4.39 Å². The Morgan fingerprint density at radius 3 is 3.06 bits per heavy atom. The molecule has 1 aliphatic carbocycles. The van der Waals surface area contributed by atoms with Crippen LogP contribution in [0.5, 0.6) is 0 Å². The Hall–Kier alpha value is -1.45. The normalized spacial score (nSPS) is 23.6. The maximum absolute atomic E-state index is 13.3. The minimum absolute atomic E-state index is 0.0750. The van der Waals surface area contributed by atoms with Crippen molar-refractivity contribution < 1.29 is 9.18 Å². The molecule has 17 heavy (non-hydrogen) atoms. The Labute approximate surface area is 100 Å². The number of hydrogen-bond acceptors (Lipinski definition) is 2. The number of aromatic nitrogens is 1. The number of nitrogens with one attached hydrogen (secondary N) is 1. The van der Waals surface area contributed by atoms with Crippen molar-refractivity contribution in [2.75, 3.05) is 6.54 Å². The maximum atomic E-state index is 13.3.